The number of carbonyl (C=O) groups is 1. The van der Waals surface area contributed by atoms with Gasteiger partial charge in [0.05, 0.1) is 6.61 Å². The van der Waals surface area contributed by atoms with Gasteiger partial charge in [0.15, 0.2) is 0 Å². The van der Waals surface area contributed by atoms with Crippen LogP contribution >= 0.6 is 0 Å². The van der Waals surface area contributed by atoms with Crippen molar-refractivity contribution in [3.05, 3.63) is 35.4 Å². The first-order chi connectivity index (χ1) is 9.69. The van der Waals surface area contributed by atoms with Crippen LogP contribution in [0.1, 0.15) is 22.3 Å². The summed E-state index contributed by atoms with van der Waals surface area (Å²) >= 11 is 0. The molecule has 0 radical (unpaired) electrons. The maximum atomic E-state index is 12.2. The second-order valence-corrected chi connectivity index (χ2v) is 5.11. The maximum Gasteiger partial charge on any atom is 0.251 e. The highest BCUT2D eigenvalue weighted by Gasteiger charge is 2.35. The van der Waals surface area contributed by atoms with Crippen LogP contribution in [0.4, 0.5) is 0 Å². The molecule has 1 unspecified atom stereocenters. The first-order valence-electron chi connectivity index (χ1n) is 6.89. The summed E-state index contributed by atoms with van der Waals surface area (Å²) in [6.45, 7) is 2.24. The number of carbonyl (C=O) groups excluding carboxylic acids is 1. The van der Waals surface area contributed by atoms with Crippen LogP contribution in [0.2, 0.25) is 0 Å². The molecule has 1 saturated heterocycles. The number of nitrogens with one attached hydrogen (secondary N) is 1. The number of ether oxygens (including phenoxy) is 2. The fourth-order valence-electron chi connectivity index (χ4n) is 2.34. The number of amides is 1. The third-order valence-electron chi connectivity index (χ3n) is 3.69. The number of benzene rings is 1. The van der Waals surface area contributed by atoms with Crippen LogP contribution in [0, 0.1) is 0 Å². The van der Waals surface area contributed by atoms with Crippen LogP contribution in [0.15, 0.2) is 24.3 Å². The summed E-state index contributed by atoms with van der Waals surface area (Å²) in [5.41, 5.74) is 6.88. The van der Waals surface area contributed by atoms with E-state index in [0.717, 1.165) is 18.4 Å². The summed E-state index contributed by atoms with van der Waals surface area (Å²) < 4.78 is 10.8. The molecule has 1 aromatic carbocycles. The van der Waals surface area contributed by atoms with E-state index in [9.17, 15) is 4.79 Å². The molecule has 3 N–H and O–H groups in total. The summed E-state index contributed by atoms with van der Waals surface area (Å²) in [4.78, 5) is 12.2. The molecule has 1 fully saturated rings. The molecular formula is C15H22N2O3. The quantitative estimate of drug-likeness (QED) is 0.804. The smallest absolute Gasteiger partial charge is 0.251 e. The number of methoxy groups -OCH3 is 1. The monoisotopic (exact) mass is 278 g/mol. The fourth-order valence-corrected chi connectivity index (χ4v) is 2.34. The van der Waals surface area contributed by atoms with Gasteiger partial charge < -0.3 is 20.5 Å². The summed E-state index contributed by atoms with van der Waals surface area (Å²) in [5.74, 6) is -0.0906. The second-order valence-electron chi connectivity index (χ2n) is 5.11. The van der Waals surface area contributed by atoms with Gasteiger partial charge in [0.25, 0.3) is 5.91 Å². The topological polar surface area (TPSA) is 73.6 Å². The van der Waals surface area contributed by atoms with Gasteiger partial charge in [-0.25, -0.2) is 0 Å². The van der Waals surface area contributed by atoms with E-state index in [1.807, 2.05) is 18.2 Å². The van der Waals surface area contributed by atoms with E-state index in [4.69, 9.17) is 15.2 Å². The van der Waals surface area contributed by atoms with Crippen LogP contribution in [0.5, 0.6) is 0 Å². The molecule has 0 saturated carbocycles. The molecule has 1 amide bonds. The predicted molar refractivity (Wildman–Crippen MR) is 76.7 cm³/mol. The number of nitrogens with two attached hydrogens (primary N) is 1. The molecule has 5 nitrogen and oxygen atoms in total. The summed E-state index contributed by atoms with van der Waals surface area (Å²) in [7, 11) is 1.66. The van der Waals surface area contributed by atoms with Crippen molar-refractivity contribution in [3.63, 3.8) is 0 Å². The van der Waals surface area contributed by atoms with E-state index in [1.165, 1.54) is 0 Å². The Morgan fingerprint density at radius 1 is 1.55 bits per heavy atom. The van der Waals surface area contributed by atoms with Crippen molar-refractivity contribution in [3.8, 4) is 0 Å². The Morgan fingerprint density at radius 3 is 3.05 bits per heavy atom. The van der Waals surface area contributed by atoms with Crippen LogP contribution in [-0.2, 0) is 15.9 Å². The van der Waals surface area contributed by atoms with E-state index >= 15 is 0 Å². The fraction of sp³-hybridized carbons (Fsp3) is 0.533. The summed E-state index contributed by atoms with van der Waals surface area (Å²) in [6, 6.07) is 7.54. The first kappa shape index (κ1) is 15.0. The van der Waals surface area contributed by atoms with Crippen molar-refractivity contribution < 1.29 is 14.3 Å². The van der Waals surface area contributed by atoms with Crippen molar-refractivity contribution in [1.82, 2.24) is 5.32 Å². The highest BCUT2D eigenvalue weighted by Crippen LogP contribution is 2.21. The number of hydrogen-bond acceptors (Lipinski definition) is 4. The molecule has 5 heteroatoms. The maximum absolute atomic E-state index is 12.2. The van der Waals surface area contributed by atoms with E-state index in [1.54, 1.807) is 13.2 Å². The highest BCUT2D eigenvalue weighted by molar-refractivity contribution is 5.94. The molecule has 110 valence electrons. The Morgan fingerprint density at radius 2 is 2.40 bits per heavy atom. The Labute approximate surface area is 119 Å². The van der Waals surface area contributed by atoms with Gasteiger partial charge >= 0.3 is 0 Å². The minimum Gasteiger partial charge on any atom is -0.378 e. The van der Waals surface area contributed by atoms with Crippen molar-refractivity contribution in [1.29, 1.82) is 0 Å². The lowest BCUT2D eigenvalue weighted by Crippen LogP contribution is -2.45. The van der Waals surface area contributed by atoms with Gasteiger partial charge in [-0.3, -0.25) is 4.79 Å². The SMILES string of the molecule is COC1(CNC(=O)c2cccc(CCN)c2)CCOC1. The van der Waals surface area contributed by atoms with Gasteiger partial charge in [0.2, 0.25) is 0 Å². The van der Waals surface area contributed by atoms with Gasteiger partial charge in [-0.15, -0.1) is 0 Å². The third-order valence-corrected chi connectivity index (χ3v) is 3.69. The minimum absolute atomic E-state index is 0.0906. The Hall–Kier alpha value is -1.43. The Kier molecular flexibility index (Phi) is 5.11. The molecule has 1 heterocycles. The molecular weight excluding hydrogens is 256 g/mol. The molecule has 0 aromatic heterocycles. The van der Waals surface area contributed by atoms with Crippen LogP contribution < -0.4 is 11.1 Å². The normalized spacial score (nSPS) is 21.9. The van der Waals surface area contributed by atoms with E-state index in [-0.39, 0.29) is 11.5 Å². The van der Waals surface area contributed by atoms with Crippen LogP contribution in [0.3, 0.4) is 0 Å². The van der Waals surface area contributed by atoms with Gasteiger partial charge in [0, 0.05) is 32.2 Å². The van der Waals surface area contributed by atoms with Gasteiger partial charge in [-0.1, -0.05) is 12.1 Å². The molecule has 0 bridgehead atoms. The zero-order valence-electron chi connectivity index (χ0n) is 11.9. The molecule has 20 heavy (non-hydrogen) atoms. The molecule has 0 spiro atoms. The standard InChI is InChI=1S/C15H22N2O3/c1-19-15(6-8-20-11-15)10-17-14(18)13-4-2-3-12(9-13)5-7-16/h2-4,9H,5-8,10-11,16H2,1H3,(H,17,18). The predicted octanol–water partition coefficient (Wildman–Crippen LogP) is 0.723. The zero-order valence-corrected chi connectivity index (χ0v) is 11.9. The summed E-state index contributed by atoms with van der Waals surface area (Å²) in [6.07, 6.45) is 1.58. The highest BCUT2D eigenvalue weighted by atomic mass is 16.5. The second kappa shape index (κ2) is 6.83. The van der Waals surface area contributed by atoms with E-state index in [2.05, 4.69) is 5.32 Å². The first-order valence-corrected chi connectivity index (χ1v) is 6.89. The largest absolute Gasteiger partial charge is 0.378 e. The molecule has 0 aliphatic carbocycles. The number of hydrogen-bond donors (Lipinski definition) is 2. The Bertz CT molecular complexity index is 456. The lowest BCUT2D eigenvalue weighted by atomic mass is 10.0. The lowest BCUT2D eigenvalue weighted by molar-refractivity contribution is -0.0148. The molecule has 1 aliphatic rings. The molecule has 1 aromatic rings. The third kappa shape index (κ3) is 3.56. The van der Waals surface area contributed by atoms with Crippen molar-refractivity contribution in [2.24, 2.45) is 5.73 Å². The molecule has 1 aliphatic heterocycles. The van der Waals surface area contributed by atoms with E-state index in [0.29, 0.717) is 31.9 Å². The Balaban J connectivity index is 1.96. The number of rotatable bonds is 6. The van der Waals surface area contributed by atoms with Crippen molar-refractivity contribution >= 4 is 5.91 Å². The van der Waals surface area contributed by atoms with Gasteiger partial charge in [-0.05, 0) is 30.7 Å². The lowest BCUT2D eigenvalue weighted by Gasteiger charge is -2.25. The van der Waals surface area contributed by atoms with Crippen LogP contribution in [-0.4, -0.2) is 44.9 Å². The van der Waals surface area contributed by atoms with Crippen molar-refractivity contribution in [2.75, 3.05) is 33.4 Å². The average molecular weight is 278 g/mol. The average Bonchev–Trinajstić information content (AvgIpc) is 2.95. The minimum atomic E-state index is -0.384. The van der Waals surface area contributed by atoms with Crippen molar-refractivity contribution in [2.45, 2.75) is 18.4 Å². The van der Waals surface area contributed by atoms with Gasteiger partial charge in [0.1, 0.15) is 5.60 Å². The van der Waals surface area contributed by atoms with E-state index < -0.39 is 0 Å². The molecule has 2 rings (SSSR count). The molecule has 1 atom stereocenters. The zero-order chi connectivity index (χ0) is 14.4. The van der Waals surface area contributed by atoms with Gasteiger partial charge in [-0.2, -0.15) is 0 Å². The van der Waals surface area contributed by atoms with Crippen LogP contribution in [0.25, 0.3) is 0 Å². The summed E-state index contributed by atoms with van der Waals surface area (Å²) in [5, 5.41) is 2.93.